The molecule has 130 valence electrons. The van der Waals surface area contributed by atoms with Crippen LogP contribution >= 0.6 is 0 Å². The number of ether oxygens (including phenoxy) is 1. The summed E-state index contributed by atoms with van der Waals surface area (Å²) in [5.74, 6) is -0.986. The van der Waals surface area contributed by atoms with Gasteiger partial charge in [-0.3, -0.25) is 4.79 Å². The first kappa shape index (κ1) is 20.9. The van der Waals surface area contributed by atoms with Crippen LogP contribution in [0.5, 0.6) is 0 Å². The Labute approximate surface area is 134 Å². The number of carbonyl (C=O) groups is 2. The van der Waals surface area contributed by atoms with Crippen LogP contribution in [-0.4, -0.2) is 43.7 Å². The van der Waals surface area contributed by atoms with Gasteiger partial charge in [0, 0.05) is 0 Å². The van der Waals surface area contributed by atoms with E-state index in [0.717, 1.165) is 0 Å². The van der Waals surface area contributed by atoms with Crippen LogP contribution < -0.4 is 5.32 Å². The molecule has 0 saturated carbocycles. The Hall–Kier alpha value is -1.08. The van der Waals surface area contributed by atoms with E-state index in [4.69, 9.17) is 14.3 Å². The smallest absolute Gasteiger partial charge is 0.407 e. The van der Waals surface area contributed by atoms with Crippen molar-refractivity contribution in [1.29, 1.82) is 0 Å². The second-order valence-corrected chi connectivity index (χ2v) is 12.8. The third-order valence-corrected chi connectivity index (χ3v) is 8.09. The molecule has 0 aromatic rings. The van der Waals surface area contributed by atoms with Crippen LogP contribution in [-0.2, 0) is 14.0 Å². The van der Waals surface area contributed by atoms with E-state index in [-0.39, 0.29) is 18.1 Å². The molecule has 0 fully saturated rings. The highest BCUT2D eigenvalue weighted by atomic mass is 28.4. The van der Waals surface area contributed by atoms with E-state index < -0.39 is 32.0 Å². The van der Waals surface area contributed by atoms with Gasteiger partial charge in [0.2, 0.25) is 0 Å². The van der Waals surface area contributed by atoms with Gasteiger partial charge in [0.1, 0.15) is 5.60 Å². The van der Waals surface area contributed by atoms with Gasteiger partial charge in [-0.25, -0.2) is 4.79 Å². The lowest BCUT2D eigenvalue weighted by Gasteiger charge is -2.37. The number of alkyl carbamates (subject to hydrolysis) is 1. The summed E-state index contributed by atoms with van der Waals surface area (Å²) in [6.07, 6.45) is -0.828. The normalized spacial score (nSPS) is 14.4. The van der Waals surface area contributed by atoms with Gasteiger partial charge in [0.25, 0.3) is 0 Å². The number of rotatable bonds is 6. The van der Waals surface area contributed by atoms with Gasteiger partial charge < -0.3 is 19.6 Å². The van der Waals surface area contributed by atoms with E-state index in [1.54, 1.807) is 20.8 Å². The van der Waals surface area contributed by atoms with Crippen LogP contribution in [0.4, 0.5) is 4.79 Å². The molecule has 22 heavy (non-hydrogen) atoms. The highest BCUT2D eigenvalue weighted by Crippen LogP contribution is 2.36. The maximum Gasteiger partial charge on any atom is 0.407 e. The fourth-order valence-corrected chi connectivity index (χ4v) is 2.41. The highest BCUT2D eigenvalue weighted by Gasteiger charge is 2.38. The molecule has 0 radical (unpaired) electrons. The Bertz CT molecular complexity index is 396. The lowest BCUT2D eigenvalue weighted by atomic mass is 10.2. The van der Waals surface area contributed by atoms with Gasteiger partial charge in [-0.1, -0.05) is 20.8 Å². The van der Waals surface area contributed by atoms with Gasteiger partial charge >= 0.3 is 12.1 Å². The molecule has 0 aromatic carbocycles. The maximum absolute atomic E-state index is 11.8. The Morgan fingerprint density at radius 1 is 1.14 bits per heavy atom. The largest absolute Gasteiger partial charge is 0.481 e. The van der Waals surface area contributed by atoms with Crippen LogP contribution in [0, 0.1) is 0 Å². The first-order valence-electron chi connectivity index (χ1n) is 7.49. The lowest BCUT2D eigenvalue weighted by molar-refractivity contribution is -0.137. The third kappa shape index (κ3) is 8.38. The van der Waals surface area contributed by atoms with E-state index in [2.05, 4.69) is 39.2 Å². The third-order valence-electron chi connectivity index (χ3n) is 3.59. The minimum atomic E-state index is -2.00. The van der Waals surface area contributed by atoms with E-state index in [1.807, 2.05) is 0 Å². The number of aliphatic carboxylic acids is 1. The number of carboxylic acid groups (broad SMARTS) is 1. The minimum absolute atomic E-state index is 0.0205. The molecule has 0 saturated heterocycles. The molecule has 0 heterocycles. The van der Waals surface area contributed by atoms with Crippen molar-refractivity contribution in [2.45, 2.75) is 77.7 Å². The predicted molar refractivity (Wildman–Crippen MR) is 88.6 cm³/mol. The summed E-state index contributed by atoms with van der Waals surface area (Å²) in [5.41, 5.74) is -0.627. The van der Waals surface area contributed by atoms with Gasteiger partial charge in [0.15, 0.2) is 8.32 Å². The molecule has 0 unspecified atom stereocenters. The van der Waals surface area contributed by atoms with Crippen molar-refractivity contribution in [3.63, 3.8) is 0 Å². The van der Waals surface area contributed by atoms with Crippen LogP contribution in [0.2, 0.25) is 18.1 Å². The zero-order valence-electron chi connectivity index (χ0n) is 15.1. The first-order valence-corrected chi connectivity index (χ1v) is 10.4. The summed E-state index contributed by atoms with van der Waals surface area (Å²) in [7, 11) is -2.00. The summed E-state index contributed by atoms with van der Waals surface area (Å²) < 4.78 is 11.2. The molecule has 0 spiro atoms. The van der Waals surface area contributed by atoms with Crippen LogP contribution in [0.3, 0.4) is 0 Å². The van der Waals surface area contributed by atoms with Crippen molar-refractivity contribution in [3.05, 3.63) is 0 Å². The van der Waals surface area contributed by atoms with Crippen LogP contribution in [0.1, 0.15) is 48.0 Å². The molecule has 1 amide bonds. The average Bonchev–Trinajstić information content (AvgIpc) is 2.20. The number of carbonyl (C=O) groups excluding carboxylic acids is 1. The summed E-state index contributed by atoms with van der Waals surface area (Å²) in [6.45, 7) is 15.9. The number of hydrogen-bond donors (Lipinski definition) is 2. The van der Waals surface area contributed by atoms with Gasteiger partial charge in [-0.05, 0) is 38.9 Å². The Kier molecular flexibility index (Phi) is 7.09. The first-order chi connectivity index (χ1) is 9.64. The van der Waals surface area contributed by atoms with Crippen LogP contribution in [0.25, 0.3) is 0 Å². The molecule has 0 bridgehead atoms. The van der Waals surface area contributed by atoms with Crippen molar-refractivity contribution < 1.29 is 23.9 Å². The minimum Gasteiger partial charge on any atom is -0.481 e. The maximum atomic E-state index is 11.8. The summed E-state index contributed by atoms with van der Waals surface area (Å²) in [4.78, 5) is 22.8. The van der Waals surface area contributed by atoms with Crippen molar-refractivity contribution in [2.24, 2.45) is 0 Å². The Morgan fingerprint density at radius 2 is 1.64 bits per heavy atom. The van der Waals surface area contributed by atoms with E-state index in [1.165, 1.54) is 0 Å². The van der Waals surface area contributed by atoms with Crippen molar-refractivity contribution in [3.8, 4) is 0 Å². The zero-order chi connectivity index (χ0) is 17.8. The van der Waals surface area contributed by atoms with Crippen molar-refractivity contribution in [2.75, 3.05) is 6.61 Å². The zero-order valence-corrected chi connectivity index (χ0v) is 16.1. The molecule has 1 atom stereocenters. The summed E-state index contributed by atoms with van der Waals surface area (Å²) >= 11 is 0. The van der Waals surface area contributed by atoms with Crippen LogP contribution in [0.15, 0.2) is 0 Å². The SMILES string of the molecule is CC(C)(C)OC(=O)N[C@H](CO[Si](C)(C)C(C)(C)C)CC(=O)O. The standard InChI is InChI=1S/C15H31NO5Si/c1-14(2,3)21-13(19)16-11(9-12(17)18)10-20-22(7,8)15(4,5)6/h11H,9-10H2,1-8H3,(H,16,19)(H,17,18)/t11-/m0/s1. The summed E-state index contributed by atoms with van der Waals surface area (Å²) in [6, 6.07) is -0.610. The molecule has 2 N–H and O–H groups in total. The Morgan fingerprint density at radius 3 is 2.00 bits per heavy atom. The number of nitrogens with one attached hydrogen (secondary N) is 1. The monoisotopic (exact) mass is 333 g/mol. The second kappa shape index (κ2) is 7.46. The number of carboxylic acids is 1. The number of amides is 1. The van der Waals surface area contributed by atoms with Gasteiger partial charge in [-0.15, -0.1) is 0 Å². The molecule has 0 rings (SSSR count). The molecule has 0 aromatic heterocycles. The fourth-order valence-electron chi connectivity index (χ4n) is 1.36. The van der Waals surface area contributed by atoms with Gasteiger partial charge in [0.05, 0.1) is 19.1 Å². The Balaban J connectivity index is 4.73. The molecule has 0 aliphatic carbocycles. The molecule has 0 aliphatic heterocycles. The van der Waals surface area contributed by atoms with E-state index in [0.29, 0.717) is 0 Å². The quantitative estimate of drug-likeness (QED) is 0.728. The molecule has 0 aliphatic rings. The molecule has 7 heteroatoms. The fraction of sp³-hybridized carbons (Fsp3) is 0.867. The highest BCUT2D eigenvalue weighted by molar-refractivity contribution is 6.74. The molecular weight excluding hydrogens is 302 g/mol. The average molecular weight is 334 g/mol. The van der Waals surface area contributed by atoms with Crippen molar-refractivity contribution in [1.82, 2.24) is 5.32 Å². The van der Waals surface area contributed by atoms with E-state index in [9.17, 15) is 9.59 Å². The molecular formula is C15H31NO5Si. The second-order valence-electron chi connectivity index (χ2n) is 8.01. The topological polar surface area (TPSA) is 84.9 Å². The van der Waals surface area contributed by atoms with E-state index >= 15 is 0 Å². The number of hydrogen-bond acceptors (Lipinski definition) is 4. The van der Waals surface area contributed by atoms with Crippen molar-refractivity contribution >= 4 is 20.4 Å². The lowest BCUT2D eigenvalue weighted by Crippen LogP contribution is -2.47. The molecule has 6 nitrogen and oxygen atoms in total. The predicted octanol–water partition coefficient (Wildman–Crippen LogP) is 3.38. The summed E-state index contributed by atoms with van der Waals surface area (Å²) in [5, 5.41) is 11.6. The van der Waals surface area contributed by atoms with Gasteiger partial charge in [-0.2, -0.15) is 0 Å².